The van der Waals surface area contributed by atoms with Crippen molar-refractivity contribution in [2.75, 3.05) is 25.3 Å². The van der Waals surface area contributed by atoms with Crippen LogP contribution in [0.25, 0.3) is 11.4 Å². The molecule has 3 aromatic rings. The molecule has 0 bridgehead atoms. The predicted molar refractivity (Wildman–Crippen MR) is 111 cm³/mol. The molecule has 0 saturated carbocycles. The van der Waals surface area contributed by atoms with Gasteiger partial charge in [0, 0.05) is 16.7 Å². The molecular formula is C18H16Cl2N4O3S. The topological polar surface area (TPSA) is 89.1 Å². The second-order valence-corrected chi connectivity index (χ2v) is 7.28. The molecule has 10 heteroatoms. The third kappa shape index (κ3) is 4.89. The molecule has 0 aliphatic carbocycles. The molecule has 0 spiro atoms. The Morgan fingerprint density at radius 2 is 2.00 bits per heavy atom. The summed E-state index contributed by atoms with van der Waals surface area (Å²) in [5.41, 5.74) is 1.23. The van der Waals surface area contributed by atoms with Gasteiger partial charge in [-0.15, -0.1) is 5.10 Å². The van der Waals surface area contributed by atoms with Gasteiger partial charge < -0.3 is 14.8 Å². The quantitative estimate of drug-likeness (QED) is 0.526. The number of thioether (sulfide) groups is 1. The van der Waals surface area contributed by atoms with Crippen LogP contribution in [0.15, 0.2) is 41.6 Å². The van der Waals surface area contributed by atoms with Crippen LogP contribution in [-0.2, 0) is 4.79 Å². The normalized spacial score (nSPS) is 10.6. The molecule has 1 amide bonds. The van der Waals surface area contributed by atoms with Crippen molar-refractivity contribution < 1.29 is 14.3 Å². The Balaban J connectivity index is 1.62. The number of rotatable bonds is 7. The predicted octanol–water partition coefficient (Wildman–Crippen LogP) is 4.53. The molecule has 0 aliphatic rings. The number of amides is 1. The van der Waals surface area contributed by atoms with Gasteiger partial charge in [-0.1, -0.05) is 35.0 Å². The third-order valence-corrected chi connectivity index (χ3v) is 5.06. The van der Waals surface area contributed by atoms with E-state index in [0.29, 0.717) is 43.8 Å². The Morgan fingerprint density at radius 3 is 2.71 bits per heavy atom. The van der Waals surface area contributed by atoms with Crippen molar-refractivity contribution in [3.63, 3.8) is 0 Å². The highest BCUT2D eigenvalue weighted by atomic mass is 35.5. The van der Waals surface area contributed by atoms with Gasteiger partial charge in [0.15, 0.2) is 5.82 Å². The average Bonchev–Trinajstić information content (AvgIpc) is 3.15. The Hall–Kier alpha value is -2.42. The molecule has 0 atom stereocenters. The molecule has 7 nitrogen and oxygen atoms in total. The minimum absolute atomic E-state index is 0.126. The molecule has 0 saturated heterocycles. The SMILES string of the molecule is COc1ccc(NC(=O)CSc2n[nH]c(-c3ccc(Cl)cc3Cl)n2)c(OC)c1. The van der Waals surface area contributed by atoms with E-state index < -0.39 is 0 Å². The van der Waals surface area contributed by atoms with E-state index in [-0.39, 0.29) is 11.7 Å². The van der Waals surface area contributed by atoms with Crippen molar-refractivity contribution in [2.45, 2.75) is 5.16 Å². The first-order valence-corrected chi connectivity index (χ1v) is 9.77. The lowest BCUT2D eigenvalue weighted by Gasteiger charge is -2.11. The summed E-state index contributed by atoms with van der Waals surface area (Å²) in [5, 5.41) is 11.1. The minimum atomic E-state index is -0.218. The number of hydrogen-bond acceptors (Lipinski definition) is 6. The number of H-pyrrole nitrogens is 1. The lowest BCUT2D eigenvalue weighted by molar-refractivity contribution is -0.113. The van der Waals surface area contributed by atoms with Crippen molar-refractivity contribution in [3.8, 4) is 22.9 Å². The van der Waals surface area contributed by atoms with Gasteiger partial charge in [0.25, 0.3) is 0 Å². The van der Waals surface area contributed by atoms with Crippen LogP contribution in [0.3, 0.4) is 0 Å². The summed E-state index contributed by atoms with van der Waals surface area (Å²) < 4.78 is 10.4. The van der Waals surface area contributed by atoms with Crippen LogP contribution in [0.4, 0.5) is 5.69 Å². The summed E-state index contributed by atoms with van der Waals surface area (Å²) >= 11 is 13.3. The fourth-order valence-corrected chi connectivity index (χ4v) is 3.43. The van der Waals surface area contributed by atoms with E-state index in [1.807, 2.05) is 0 Å². The van der Waals surface area contributed by atoms with Gasteiger partial charge in [0.05, 0.1) is 30.7 Å². The molecule has 2 aromatic carbocycles. The summed E-state index contributed by atoms with van der Waals surface area (Å²) in [4.78, 5) is 16.6. The molecule has 0 aliphatic heterocycles. The summed E-state index contributed by atoms with van der Waals surface area (Å²) in [7, 11) is 3.09. The lowest BCUT2D eigenvalue weighted by atomic mass is 10.2. The van der Waals surface area contributed by atoms with E-state index in [1.54, 1.807) is 43.5 Å². The van der Waals surface area contributed by atoms with Gasteiger partial charge in [-0.3, -0.25) is 9.89 Å². The van der Waals surface area contributed by atoms with Crippen molar-refractivity contribution in [1.29, 1.82) is 0 Å². The first-order valence-electron chi connectivity index (χ1n) is 8.02. The van der Waals surface area contributed by atoms with Crippen LogP contribution < -0.4 is 14.8 Å². The number of benzene rings is 2. The number of methoxy groups -OCH3 is 2. The number of hydrogen-bond donors (Lipinski definition) is 2. The van der Waals surface area contributed by atoms with E-state index in [2.05, 4.69) is 20.5 Å². The van der Waals surface area contributed by atoms with Crippen molar-refractivity contribution in [3.05, 3.63) is 46.4 Å². The highest BCUT2D eigenvalue weighted by Crippen LogP contribution is 2.30. The van der Waals surface area contributed by atoms with Crippen LogP contribution in [0, 0.1) is 0 Å². The number of carbonyl (C=O) groups is 1. The highest BCUT2D eigenvalue weighted by Gasteiger charge is 2.13. The molecule has 0 unspecified atom stereocenters. The van der Waals surface area contributed by atoms with Crippen molar-refractivity contribution >= 4 is 46.6 Å². The molecule has 0 fully saturated rings. The maximum atomic E-state index is 12.3. The Kier molecular flexibility index (Phi) is 6.66. The molecule has 0 radical (unpaired) electrons. The summed E-state index contributed by atoms with van der Waals surface area (Å²) in [5.74, 6) is 1.56. The van der Waals surface area contributed by atoms with E-state index in [0.717, 1.165) is 0 Å². The van der Waals surface area contributed by atoms with Gasteiger partial charge in [-0.05, 0) is 30.3 Å². The second-order valence-electron chi connectivity index (χ2n) is 5.49. The monoisotopic (exact) mass is 438 g/mol. The number of carbonyl (C=O) groups excluding carboxylic acids is 1. The van der Waals surface area contributed by atoms with Crippen LogP contribution in [-0.4, -0.2) is 41.1 Å². The van der Waals surface area contributed by atoms with Crippen molar-refractivity contribution in [2.24, 2.45) is 0 Å². The van der Waals surface area contributed by atoms with Crippen molar-refractivity contribution in [1.82, 2.24) is 15.2 Å². The van der Waals surface area contributed by atoms with Gasteiger partial charge in [0.1, 0.15) is 11.5 Å². The number of aromatic amines is 1. The zero-order valence-electron chi connectivity index (χ0n) is 15.0. The number of nitrogens with one attached hydrogen (secondary N) is 2. The van der Waals surface area contributed by atoms with Gasteiger partial charge in [0.2, 0.25) is 11.1 Å². The number of halogens is 2. The van der Waals surface area contributed by atoms with Crippen LogP contribution in [0.5, 0.6) is 11.5 Å². The second kappa shape index (κ2) is 9.18. The van der Waals surface area contributed by atoms with E-state index in [9.17, 15) is 4.79 Å². The van der Waals surface area contributed by atoms with E-state index in [4.69, 9.17) is 32.7 Å². The summed E-state index contributed by atoms with van der Waals surface area (Å²) in [6.45, 7) is 0. The smallest absolute Gasteiger partial charge is 0.234 e. The van der Waals surface area contributed by atoms with E-state index >= 15 is 0 Å². The number of nitrogens with zero attached hydrogens (tertiary/aromatic N) is 2. The molecule has 1 heterocycles. The number of aromatic nitrogens is 3. The Bertz CT molecular complexity index is 997. The number of anilines is 1. The molecular weight excluding hydrogens is 423 g/mol. The lowest BCUT2D eigenvalue weighted by Crippen LogP contribution is -2.14. The minimum Gasteiger partial charge on any atom is -0.497 e. The van der Waals surface area contributed by atoms with Crippen LogP contribution in [0.2, 0.25) is 10.0 Å². The van der Waals surface area contributed by atoms with Gasteiger partial charge in [-0.2, -0.15) is 0 Å². The fourth-order valence-electron chi connectivity index (χ4n) is 2.33. The van der Waals surface area contributed by atoms with Crippen LogP contribution in [0.1, 0.15) is 0 Å². The summed E-state index contributed by atoms with van der Waals surface area (Å²) in [6.07, 6.45) is 0. The van der Waals surface area contributed by atoms with Gasteiger partial charge in [-0.25, -0.2) is 4.98 Å². The average molecular weight is 439 g/mol. The Labute approximate surface area is 175 Å². The highest BCUT2D eigenvalue weighted by molar-refractivity contribution is 7.99. The molecule has 28 heavy (non-hydrogen) atoms. The third-order valence-electron chi connectivity index (χ3n) is 3.67. The fraction of sp³-hybridized carbons (Fsp3) is 0.167. The Morgan fingerprint density at radius 1 is 1.18 bits per heavy atom. The summed E-state index contributed by atoms with van der Waals surface area (Å²) in [6, 6.07) is 10.2. The van der Waals surface area contributed by atoms with Gasteiger partial charge >= 0.3 is 0 Å². The number of ether oxygens (including phenoxy) is 2. The van der Waals surface area contributed by atoms with E-state index in [1.165, 1.54) is 18.9 Å². The maximum Gasteiger partial charge on any atom is 0.234 e. The molecule has 146 valence electrons. The molecule has 2 N–H and O–H groups in total. The molecule has 3 rings (SSSR count). The zero-order chi connectivity index (χ0) is 20.1. The first kappa shape index (κ1) is 20.3. The standard InChI is InChI=1S/C18H16Cl2N4O3S/c1-26-11-4-6-14(15(8-11)27-2)21-16(25)9-28-18-22-17(23-24-18)12-5-3-10(19)7-13(12)20/h3-8H,9H2,1-2H3,(H,21,25)(H,22,23,24). The van der Waals surface area contributed by atoms with Crippen LogP contribution >= 0.6 is 35.0 Å². The largest absolute Gasteiger partial charge is 0.497 e. The maximum absolute atomic E-state index is 12.3. The molecule has 1 aromatic heterocycles. The first-order chi connectivity index (χ1) is 13.5. The zero-order valence-corrected chi connectivity index (χ0v) is 17.3.